The van der Waals surface area contributed by atoms with E-state index in [0.29, 0.717) is 18.0 Å². The molecule has 0 spiro atoms. The normalized spacial score (nSPS) is 10.9. The first-order chi connectivity index (χ1) is 14.5. The van der Waals surface area contributed by atoms with Crippen molar-refractivity contribution in [2.45, 2.75) is 26.8 Å². The van der Waals surface area contributed by atoms with Crippen LogP contribution in [-0.4, -0.2) is 37.8 Å². The van der Waals surface area contributed by atoms with Crippen molar-refractivity contribution >= 4 is 5.91 Å². The first kappa shape index (κ1) is 19.6. The third-order valence-electron chi connectivity index (χ3n) is 5.10. The van der Waals surface area contributed by atoms with Crippen LogP contribution in [0.25, 0.3) is 16.9 Å². The molecule has 4 rings (SSSR count). The second-order valence-corrected chi connectivity index (χ2v) is 7.24. The fourth-order valence-electron chi connectivity index (χ4n) is 3.40. The second-order valence-electron chi connectivity index (χ2n) is 7.24. The molecule has 7 nitrogen and oxygen atoms in total. The number of aryl methyl sites for hydroxylation is 1. The smallest absolute Gasteiger partial charge is 0.227 e. The number of hydrogen-bond donors (Lipinski definition) is 0. The Morgan fingerprint density at radius 3 is 2.67 bits per heavy atom. The Morgan fingerprint density at radius 2 is 1.93 bits per heavy atom. The van der Waals surface area contributed by atoms with Crippen LogP contribution in [-0.2, 0) is 17.8 Å². The molecule has 0 aliphatic rings. The van der Waals surface area contributed by atoms with Gasteiger partial charge in [0.1, 0.15) is 5.69 Å². The summed E-state index contributed by atoms with van der Waals surface area (Å²) < 4.78 is 7.29. The number of nitrogens with zero attached hydrogens (tertiary/aromatic N) is 5. The molecule has 0 radical (unpaired) electrons. The van der Waals surface area contributed by atoms with Crippen LogP contribution in [0.4, 0.5) is 0 Å². The quantitative estimate of drug-likeness (QED) is 0.492. The number of aromatic nitrogens is 4. The first-order valence-electron chi connectivity index (χ1n) is 9.73. The molecule has 0 saturated heterocycles. The van der Waals surface area contributed by atoms with E-state index in [-0.39, 0.29) is 12.3 Å². The molecule has 0 unspecified atom stereocenters. The Labute approximate surface area is 175 Å². The van der Waals surface area contributed by atoms with Gasteiger partial charge in [0.25, 0.3) is 0 Å². The van der Waals surface area contributed by atoms with Gasteiger partial charge in [-0.2, -0.15) is 5.10 Å². The molecular formula is C23H23N5O2. The minimum Gasteiger partial charge on any atom is -0.359 e. The van der Waals surface area contributed by atoms with Crippen LogP contribution in [0.5, 0.6) is 0 Å². The molecule has 0 bridgehead atoms. The molecule has 0 aliphatic heterocycles. The lowest BCUT2D eigenvalue weighted by molar-refractivity contribution is -0.130. The van der Waals surface area contributed by atoms with Crippen LogP contribution >= 0.6 is 0 Å². The van der Waals surface area contributed by atoms with E-state index in [9.17, 15) is 4.79 Å². The van der Waals surface area contributed by atoms with E-state index >= 15 is 0 Å². The van der Waals surface area contributed by atoms with Gasteiger partial charge in [0, 0.05) is 42.3 Å². The summed E-state index contributed by atoms with van der Waals surface area (Å²) >= 11 is 0. The number of hydrogen-bond acceptors (Lipinski definition) is 5. The van der Waals surface area contributed by atoms with E-state index < -0.39 is 0 Å². The zero-order valence-corrected chi connectivity index (χ0v) is 17.2. The molecule has 0 fully saturated rings. The van der Waals surface area contributed by atoms with Crippen LogP contribution in [0.1, 0.15) is 22.7 Å². The highest BCUT2D eigenvalue weighted by Gasteiger charge is 2.19. The van der Waals surface area contributed by atoms with E-state index in [2.05, 4.69) is 15.2 Å². The Balaban J connectivity index is 1.46. The fraction of sp³-hybridized carbons (Fsp3) is 0.217. The zero-order chi connectivity index (χ0) is 21.1. The van der Waals surface area contributed by atoms with E-state index in [1.54, 1.807) is 24.3 Å². The van der Waals surface area contributed by atoms with Crippen LogP contribution in [0, 0.1) is 13.8 Å². The maximum Gasteiger partial charge on any atom is 0.227 e. The van der Waals surface area contributed by atoms with Gasteiger partial charge in [-0.1, -0.05) is 23.4 Å². The van der Waals surface area contributed by atoms with Gasteiger partial charge in [-0.3, -0.25) is 9.78 Å². The standard InChI is InChI=1S/C23H23N5O2/c1-16-21(17(2)28(25-16)19-9-5-4-6-10-19)13-23(29)27(3)15-20-12-22(26-30-20)18-8-7-11-24-14-18/h4-12,14H,13,15H2,1-3H3. The van der Waals surface area contributed by atoms with Gasteiger partial charge < -0.3 is 9.42 Å². The maximum atomic E-state index is 12.9. The van der Waals surface area contributed by atoms with Gasteiger partial charge in [-0.25, -0.2) is 4.68 Å². The topological polar surface area (TPSA) is 77.1 Å². The molecular weight excluding hydrogens is 378 g/mol. The predicted octanol–water partition coefficient (Wildman–Crippen LogP) is 3.74. The maximum absolute atomic E-state index is 12.9. The fourth-order valence-corrected chi connectivity index (χ4v) is 3.40. The molecule has 3 aromatic heterocycles. The van der Waals surface area contributed by atoms with Crippen molar-refractivity contribution in [1.29, 1.82) is 0 Å². The summed E-state index contributed by atoms with van der Waals surface area (Å²) in [4.78, 5) is 18.6. The Bertz CT molecular complexity index is 1150. The molecule has 0 N–H and O–H groups in total. The summed E-state index contributed by atoms with van der Waals surface area (Å²) in [6.07, 6.45) is 3.72. The minimum absolute atomic E-state index is 0.00635. The van der Waals surface area contributed by atoms with Crippen molar-refractivity contribution in [3.8, 4) is 16.9 Å². The lowest BCUT2D eigenvalue weighted by Crippen LogP contribution is -2.27. The van der Waals surface area contributed by atoms with E-state index in [4.69, 9.17) is 4.52 Å². The van der Waals surface area contributed by atoms with Crippen molar-refractivity contribution in [2.75, 3.05) is 7.05 Å². The number of carbonyl (C=O) groups excluding carboxylic acids is 1. The lowest BCUT2D eigenvalue weighted by atomic mass is 10.1. The molecule has 1 amide bonds. The van der Waals surface area contributed by atoms with E-state index in [1.807, 2.05) is 67.1 Å². The van der Waals surface area contributed by atoms with E-state index in [0.717, 1.165) is 28.2 Å². The third-order valence-corrected chi connectivity index (χ3v) is 5.10. The summed E-state index contributed by atoms with van der Waals surface area (Å²) in [5, 5.41) is 8.71. The van der Waals surface area contributed by atoms with Crippen LogP contribution in [0.3, 0.4) is 0 Å². The SMILES string of the molecule is Cc1nn(-c2ccccc2)c(C)c1CC(=O)N(C)Cc1cc(-c2cccnc2)no1. The number of para-hydroxylation sites is 1. The van der Waals surface area contributed by atoms with Gasteiger partial charge >= 0.3 is 0 Å². The van der Waals surface area contributed by atoms with Gasteiger partial charge in [0.05, 0.1) is 24.3 Å². The summed E-state index contributed by atoms with van der Waals surface area (Å²) in [7, 11) is 1.76. The van der Waals surface area contributed by atoms with Crippen molar-refractivity contribution in [1.82, 2.24) is 24.8 Å². The predicted molar refractivity (Wildman–Crippen MR) is 113 cm³/mol. The van der Waals surface area contributed by atoms with Gasteiger partial charge in [-0.05, 0) is 38.1 Å². The van der Waals surface area contributed by atoms with Crippen LogP contribution < -0.4 is 0 Å². The largest absolute Gasteiger partial charge is 0.359 e. The Morgan fingerprint density at radius 1 is 1.13 bits per heavy atom. The van der Waals surface area contributed by atoms with Crippen molar-refractivity contribution in [3.05, 3.63) is 83.6 Å². The molecule has 0 aliphatic carbocycles. The number of amides is 1. The summed E-state index contributed by atoms with van der Waals surface area (Å²) in [5.74, 6) is 0.617. The van der Waals surface area contributed by atoms with Crippen molar-refractivity contribution < 1.29 is 9.32 Å². The number of likely N-dealkylation sites (N-methyl/N-ethyl adjacent to an activating group) is 1. The Hall–Kier alpha value is -3.74. The molecule has 30 heavy (non-hydrogen) atoms. The van der Waals surface area contributed by atoms with Crippen LogP contribution in [0.15, 0.2) is 65.4 Å². The van der Waals surface area contributed by atoms with Gasteiger partial charge in [0.2, 0.25) is 5.91 Å². The van der Waals surface area contributed by atoms with Crippen molar-refractivity contribution in [2.24, 2.45) is 0 Å². The molecule has 4 aromatic rings. The molecule has 0 atom stereocenters. The third kappa shape index (κ3) is 4.00. The number of carbonyl (C=O) groups is 1. The van der Waals surface area contributed by atoms with Crippen LogP contribution in [0.2, 0.25) is 0 Å². The highest BCUT2D eigenvalue weighted by molar-refractivity contribution is 5.79. The van der Waals surface area contributed by atoms with Crippen molar-refractivity contribution in [3.63, 3.8) is 0 Å². The summed E-state index contributed by atoms with van der Waals surface area (Å²) in [6, 6.07) is 15.5. The number of pyridine rings is 1. The minimum atomic E-state index is -0.00635. The zero-order valence-electron chi connectivity index (χ0n) is 17.2. The molecule has 1 aromatic carbocycles. The summed E-state index contributed by atoms with van der Waals surface area (Å²) in [6.45, 7) is 4.27. The molecule has 3 heterocycles. The molecule has 0 saturated carbocycles. The first-order valence-corrected chi connectivity index (χ1v) is 9.73. The van der Waals surface area contributed by atoms with E-state index in [1.165, 1.54) is 0 Å². The molecule has 7 heteroatoms. The van der Waals surface area contributed by atoms with Gasteiger partial charge in [-0.15, -0.1) is 0 Å². The number of rotatable bonds is 6. The Kier molecular flexibility index (Phi) is 5.43. The monoisotopic (exact) mass is 401 g/mol. The number of benzene rings is 1. The lowest BCUT2D eigenvalue weighted by Gasteiger charge is -2.15. The second kappa shape index (κ2) is 8.32. The summed E-state index contributed by atoms with van der Waals surface area (Å²) in [5.41, 5.74) is 5.34. The average molecular weight is 401 g/mol. The average Bonchev–Trinajstić information content (AvgIpc) is 3.35. The van der Waals surface area contributed by atoms with Gasteiger partial charge in [0.15, 0.2) is 5.76 Å². The highest BCUT2D eigenvalue weighted by atomic mass is 16.5. The highest BCUT2D eigenvalue weighted by Crippen LogP contribution is 2.21. The molecule has 152 valence electrons.